The van der Waals surface area contributed by atoms with Crippen LogP contribution in [-0.4, -0.2) is 79.4 Å². The third-order valence-corrected chi connectivity index (χ3v) is 8.84. The Morgan fingerprint density at radius 1 is 1.08 bits per heavy atom. The first-order valence-electron chi connectivity index (χ1n) is 12.8. The Morgan fingerprint density at radius 3 is 2.37 bits per heavy atom. The van der Waals surface area contributed by atoms with E-state index in [1.165, 1.54) is 12.1 Å². The molecule has 13 heteroatoms. The molecule has 0 spiro atoms. The molecule has 204 valence electrons. The zero-order valence-electron chi connectivity index (χ0n) is 21.5. The lowest BCUT2D eigenvalue weighted by atomic mass is 9.92. The number of benzene rings is 2. The minimum absolute atomic E-state index is 0.000189. The summed E-state index contributed by atoms with van der Waals surface area (Å²) in [6.07, 6.45) is 2.39. The lowest BCUT2D eigenvalue weighted by molar-refractivity contribution is 0.130. The summed E-state index contributed by atoms with van der Waals surface area (Å²) in [6.45, 7) is 4.46. The summed E-state index contributed by atoms with van der Waals surface area (Å²) in [4.78, 5) is 3.75. The maximum Gasteiger partial charge on any atom is 0.473 e. The zero-order valence-corrected chi connectivity index (χ0v) is 22.3. The molecule has 0 radical (unpaired) electrons. The number of rotatable bonds is 8. The predicted octanol–water partition coefficient (Wildman–Crippen LogP) is 1.38. The Morgan fingerprint density at radius 2 is 1.76 bits per heavy atom. The van der Waals surface area contributed by atoms with Crippen LogP contribution in [0.3, 0.4) is 0 Å². The number of hydrogen-bond donors (Lipinski definition) is 5. The molecular weight excluding hydrogens is 507 g/mol. The molecule has 2 aromatic rings. The second kappa shape index (κ2) is 11.6. The highest BCUT2D eigenvalue weighted by Crippen LogP contribution is 2.30. The van der Waals surface area contributed by atoms with Gasteiger partial charge in [0, 0.05) is 45.4 Å². The smallest absolute Gasteiger partial charge is 0.473 e. The van der Waals surface area contributed by atoms with Crippen molar-refractivity contribution < 1.29 is 23.2 Å². The molecular formula is C25H35BN6O5S. The Bertz CT molecular complexity index is 1270. The van der Waals surface area contributed by atoms with Crippen LogP contribution in [0.5, 0.6) is 5.75 Å². The molecule has 0 saturated carbocycles. The average Bonchev–Trinajstić information content (AvgIpc) is 2.91. The van der Waals surface area contributed by atoms with Gasteiger partial charge in [0.05, 0.1) is 22.9 Å². The second-order valence-corrected chi connectivity index (χ2v) is 11.5. The van der Waals surface area contributed by atoms with Crippen molar-refractivity contribution in [2.45, 2.75) is 50.2 Å². The van der Waals surface area contributed by atoms with Crippen molar-refractivity contribution >= 4 is 34.6 Å². The van der Waals surface area contributed by atoms with Crippen molar-refractivity contribution in [2.75, 3.05) is 30.4 Å². The fraction of sp³-hybridized carbons (Fsp3) is 0.440. The van der Waals surface area contributed by atoms with E-state index < -0.39 is 23.6 Å². The van der Waals surface area contributed by atoms with Crippen molar-refractivity contribution in [3.05, 3.63) is 53.6 Å². The van der Waals surface area contributed by atoms with E-state index >= 15 is 0 Å². The van der Waals surface area contributed by atoms with E-state index in [-0.39, 0.29) is 17.0 Å². The number of piperidine rings is 1. The van der Waals surface area contributed by atoms with Gasteiger partial charge in [0.2, 0.25) is 0 Å². The first kappa shape index (κ1) is 27.7. The van der Waals surface area contributed by atoms with Crippen LogP contribution in [0.4, 0.5) is 5.69 Å². The highest BCUT2D eigenvalue weighted by atomic mass is 32.2. The average molecular weight is 542 g/mol. The molecule has 38 heavy (non-hydrogen) atoms. The van der Waals surface area contributed by atoms with Crippen molar-refractivity contribution in [3.8, 4) is 5.75 Å². The van der Waals surface area contributed by atoms with E-state index in [9.17, 15) is 18.5 Å². The molecule has 11 nitrogen and oxygen atoms in total. The number of nitrogens with zero attached hydrogens (tertiary/aromatic N) is 3. The van der Waals surface area contributed by atoms with Gasteiger partial charge in [-0.15, -0.1) is 0 Å². The van der Waals surface area contributed by atoms with Gasteiger partial charge < -0.3 is 30.3 Å². The van der Waals surface area contributed by atoms with Crippen LogP contribution < -0.4 is 14.8 Å². The topological polar surface area (TPSA) is 167 Å². The lowest BCUT2D eigenvalue weighted by Gasteiger charge is -2.33. The van der Waals surface area contributed by atoms with Crippen LogP contribution in [-0.2, 0) is 23.0 Å². The molecule has 4 rings (SSSR count). The third-order valence-electron chi connectivity index (χ3n) is 7.03. The molecule has 0 aromatic heterocycles. The first-order chi connectivity index (χ1) is 18.1. The largest absolute Gasteiger partial charge is 0.490 e. The Kier molecular flexibility index (Phi) is 8.49. The number of hydrogen-bond acceptors (Lipinski definition) is 7. The van der Waals surface area contributed by atoms with Crippen molar-refractivity contribution in [1.29, 1.82) is 10.8 Å². The fourth-order valence-electron chi connectivity index (χ4n) is 4.87. The SMILES string of the molecule is CCC(=N)N1CCC(Oc2ccc(S(=O)(=O)N(CB(O)O)c3ccc4c(c3)CN(C(=N)N)CC4)cc2)CC1. The molecule has 0 atom stereocenters. The molecule has 0 unspecified atom stereocenters. The molecule has 0 bridgehead atoms. The monoisotopic (exact) mass is 542 g/mol. The summed E-state index contributed by atoms with van der Waals surface area (Å²) >= 11 is 0. The van der Waals surface area contributed by atoms with Gasteiger partial charge >= 0.3 is 7.12 Å². The van der Waals surface area contributed by atoms with E-state index in [4.69, 9.17) is 21.3 Å². The molecule has 2 aliphatic rings. The highest BCUT2D eigenvalue weighted by molar-refractivity contribution is 7.93. The van der Waals surface area contributed by atoms with E-state index in [0.29, 0.717) is 43.2 Å². The number of amidine groups is 1. The van der Waals surface area contributed by atoms with E-state index in [2.05, 4.69) is 4.90 Å². The van der Waals surface area contributed by atoms with Gasteiger partial charge in [0.1, 0.15) is 11.9 Å². The summed E-state index contributed by atoms with van der Waals surface area (Å²) in [5, 5.41) is 35.1. The highest BCUT2D eigenvalue weighted by Gasteiger charge is 2.30. The summed E-state index contributed by atoms with van der Waals surface area (Å²) in [5.74, 6) is 1.13. The summed E-state index contributed by atoms with van der Waals surface area (Å²) in [7, 11) is -6.01. The van der Waals surface area contributed by atoms with E-state index in [1.807, 2.05) is 13.0 Å². The molecule has 0 aliphatic carbocycles. The minimum Gasteiger partial charge on any atom is -0.490 e. The Labute approximate surface area is 224 Å². The number of sulfonamides is 1. The van der Waals surface area contributed by atoms with Crippen LogP contribution in [0.2, 0.25) is 0 Å². The Balaban J connectivity index is 1.51. The van der Waals surface area contributed by atoms with Gasteiger partial charge in [-0.25, -0.2) is 8.42 Å². The summed E-state index contributed by atoms with van der Waals surface area (Å²) in [6, 6.07) is 11.3. The molecule has 6 N–H and O–H groups in total. The van der Waals surface area contributed by atoms with Crippen LogP contribution in [0.15, 0.2) is 47.4 Å². The molecule has 2 aliphatic heterocycles. The minimum atomic E-state index is -4.13. The van der Waals surface area contributed by atoms with Crippen molar-refractivity contribution in [1.82, 2.24) is 9.80 Å². The third kappa shape index (κ3) is 6.22. The number of ether oxygens (including phenoxy) is 1. The van der Waals surface area contributed by atoms with Crippen LogP contribution in [0.25, 0.3) is 0 Å². The fourth-order valence-corrected chi connectivity index (χ4v) is 6.33. The molecule has 1 saturated heterocycles. The number of anilines is 1. The maximum atomic E-state index is 13.6. The van der Waals surface area contributed by atoms with Gasteiger partial charge in [-0.2, -0.15) is 0 Å². The van der Waals surface area contributed by atoms with Gasteiger partial charge in [0.25, 0.3) is 10.0 Å². The summed E-state index contributed by atoms with van der Waals surface area (Å²) < 4.78 is 34.3. The van der Waals surface area contributed by atoms with Crippen molar-refractivity contribution in [2.24, 2.45) is 5.73 Å². The number of guanidine groups is 1. The number of nitrogens with two attached hydrogens (primary N) is 1. The second-order valence-electron chi connectivity index (χ2n) is 9.60. The van der Waals surface area contributed by atoms with Crippen molar-refractivity contribution in [3.63, 3.8) is 0 Å². The predicted molar refractivity (Wildman–Crippen MR) is 147 cm³/mol. The first-order valence-corrected chi connectivity index (χ1v) is 14.2. The quantitative estimate of drug-likeness (QED) is 0.189. The summed E-state index contributed by atoms with van der Waals surface area (Å²) in [5.41, 5.74) is 7.81. The van der Waals surface area contributed by atoms with E-state index in [0.717, 1.165) is 41.4 Å². The van der Waals surface area contributed by atoms with E-state index in [1.54, 1.807) is 29.2 Å². The molecule has 2 aromatic carbocycles. The number of fused-ring (bicyclic) bond motifs is 1. The molecule has 1 fully saturated rings. The number of nitrogens with one attached hydrogen (secondary N) is 2. The molecule has 0 amide bonds. The van der Waals surface area contributed by atoms with Gasteiger partial charge in [-0.1, -0.05) is 13.0 Å². The van der Waals surface area contributed by atoms with Gasteiger partial charge in [-0.05, 0) is 53.9 Å². The van der Waals surface area contributed by atoms with Crippen LogP contribution in [0.1, 0.15) is 37.3 Å². The van der Waals surface area contributed by atoms with Gasteiger partial charge in [-0.3, -0.25) is 15.1 Å². The molecule has 2 heterocycles. The Hall–Kier alpha value is -3.29. The van der Waals surface area contributed by atoms with Crippen LogP contribution in [0, 0.1) is 10.8 Å². The van der Waals surface area contributed by atoms with Crippen LogP contribution >= 0.6 is 0 Å². The standard InChI is InChI=1S/C25H35BN6O5S/c1-2-24(27)30-13-10-22(11-14-30)37-21-5-7-23(8-6-21)38(35,36)32(17-26(33)34)20-4-3-18-9-12-31(25(28)29)16-19(18)15-20/h3-8,15,22,27,33-34H,2,9-14,16-17H2,1H3,(H3,28,29). The zero-order chi connectivity index (χ0) is 27.4. The van der Waals surface area contributed by atoms with Gasteiger partial charge in [0.15, 0.2) is 5.96 Å². The normalized spacial score (nSPS) is 16.1. The maximum absolute atomic E-state index is 13.6. The lowest BCUT2D eigenvalue weighted by Crippen LogP contribution is -2.41. The number of likely N-dealkylation sites (tertiary alicyclic amines) is 1.